The van der Waals surface area contributed by atoms with Gasteiger partial charge in [-0.25, -0.2) is 14.6 Å². The predicted molar refractivity (Wildman–Crippen MR) is 85.8 cm³/mol. The van der Waals surface area contributed by atoms with E-state index in [0.29, 0.717) is 24.8 Å². The van der Waals surface area contributed by atoms with Crippen molar-refractivity contribution in [2.45, 2.75) is 27.0 Å². The lowest BCUT2D eigenvalue weighted by atomic mass is 10.2. The van der Waals surface area contributed by atoms with Crippen molar-refractivity contribution in [1.29, 1.82) is 0 Å². The molecule has 0 aliphatic carbocycles. The monoisotopic (exact) mass is 310 g/mol. The first-order valence-corrected chi connectivity index (χ1v) is 7.26. The third kappa shape index (κ3) is 3.82. The zero-order valence-electron chi connectivity index (χ0n) is 13.1. The Bertz CT molecular complexity index is 797. The van der Waals surface area contributed by atoms with Gasteiger partial charge in [-0.05, 0) is 26.0 Å². The highest BCUT2D eigenvalue weighted by Gasteiger charge is 2.06. The van der Waals surface area contributed by atoms with Crippen molar-refractivity contribution < 1.29 is 4.74 Å². The Morgan fingerprint density at radius 3 is 2.70 bits per heavy atom. The van der Waals surface area contributed by atoms with E-state index in [1.165, 1.54) is 5.56 Å². The summed E-state index contributed by atoms with van der Waals surface area (Å²) in [5.41, 5.74) is 8.64. The summed E-state index contributed by atoms with van der Waals surface area (Å²) in [5.74, 6) is 1.92. The number of nitrogens with two attached hydrogens (primary N) is 1. The van der Waals surface area contributed by atoms with Gasteiger partial charge >= 0.3 is 0 Å². The van der Waals surface area contributed by atoms with E-state index < -0.39 is 0 Å². The predicted octanol–water partition coefficient (Wildman–Crippen LogP) is 1.89. The molecule has 0 atom stereocenters. The van der Waals surface area contributed by atoms with Crippen molar-refractivity contribution in [3.8, 4) is 5.75 Å². The first-order valence-electron chi connectivity index (χ1n) is 7.26. The van der Waals surface area contributed by atoms with E-state index in [1.807, 2.05) is 37.4 Å². The number of nitrogen functional groups attached to an aromatic ring is 1. The molecule has 0 bridgehead atoms. The van der Waals surface area contributed by atoms with Gasteiger partial charge in [0.25, 0.3) is 0 Å². The molecule has 7 nitrogen and oxygen atoms in total. The number of aryl methyl sites for hydroxylation is 2. The van der Waals surface area contributed by atoms with Crippen LogP contribution in [0, 0.1) is 13.8 Å². The topological polar surface area (TPSA) is 91.7 Å². The molecule has 3 aromatic rings. The molecule has 2 aromatic heterocycles. The summed E-state index contributed by atoms with van der Waals surface area (Å²) >= 11 is 0. The van der Waals surface area contributed by atoms with Crippen LogP contribution in [0.2, 0.25) is 0 Å². The van der Waals surface area contributed by atoms with Crippen LogP contribution in [0.15, 0.2) is 36.7 Å². The molecule has 0 aliphatic rings. The zero-order chi connectivity index (χ0) is 16.2. The second-order valence-corrected chi connectivity index (χ2v) is 5.34. The molecular weight excluding hydrogens is 292 g/mol. The molecule has 1 aromatic carbocycles. The van der Waals surface area contributed by atoms with Crippen molar-refractivity contribution in [3.63, 3.8) is 0 Å². The fourth-order valence-corrected chi connectivity index (χ4v) is 2.08. The molecule has 0 saturated heterocycles. The van der Waals surface area contributed by atoms with Crippen LogP contribution in [0.1, 0.15) is 22.6 Å². The summed E-state index contributed by atoms with van der Waals surface area (Å²) in [7, 11) is 0. The molecule has 0 radical (unpaired) electrons. The molecule has 118 valence electrons. The van der Waals surface area contributed by atoms with Gasteiger partial charge < -0.3 is 10.5 Å². The number of ether oxygens (including phenoxy) is 1. The lowest BCUT2D eigenvalue weighted by molar-refractivity contribution is 0.301. The zero-order valence-corrected chi connectivity index (χ0v) is 13.1. The van der Waals surface area contributed by atoms with Crippen LogP contribution >= 0.6 is 0 Å². The second-order valence-electron chi connectivity index (χ2n) is 5.34. The molecule has 0 amide bonds. The van der Waals surface area contributed by atoms with Crippen molar-refractivity contribution in [2.75, 3.05) is 5.73 Å². The maximum atomic E-state index is 5.89. The van der Waals surface area contributed by atoms with E-state index in [0.717, 1.165) is 17.0 Å². The molecule has 23 heavy (non-hydrogen) atoms. The molecule has 0 fully saturated rings. The molecule has 0 unspecified atom stereocenters. The number of hydrogen-bond acceptors (Lipinski definition) is 6. The number of nitrogens with zero attached hydrogens (tertiary/aromatic N) is 5. The Morgan fingerprint density at radius 1 is 1.17 bits per heavy atom. The van der Waals surface area contributed by atoms with E-state index in [1.54, 1.807) is 17.8 Å². The average Bonchev–Trinajstić information content (AvgIpc) is 2.97. The minimum Gasteiger partial charge on any atom is -0.487 e. The maximum Gasteiger partial charge on any atom is 0.134 e. The quantitative estimate of drug-likeness (QED) is 0.774. The first-order chi connectivity index (χ1) is 11.1. The average molecular weight is 310 g/mol. The van der Waals surface area contributed by atoms with E-state index in [4.69, 9.17) is 10.5 Å². The van der Waals surface area contributed by atoms with Crippen molar-refractivity contribution in [2.24, 2.45) is 0 Å². The summed E-state index contributed by atoms with van der Waals surface area (Å²) in [5, 5.41) is 8.18. The van der Waals surface area contributed by atoms with Crippen LogP contribution < -0.4 is 10.5 Å². The van der Waals surface area contributed by atoms with Crippen LogP contribution in [0.3, 0.4) is 0 Å². The number of aromatic nitrogens is 5. The molecular formula is C16H18N6O. The highest BCUT2D eigenvalue weighted by atomic mass is 16.5. The minimum absolute atomic E-state index is 0.364. The molecule has 0 spiro atoms. The molecule has 0 saturated carbocycles. The molecule has 0 aliphatic heterocycles. The number of rotatable bonds is 5. The fraction of sp³-hybridized carbons (Fsp3) is 0.250. The molecule has 7 heteroatoms. The molecule has 2 heterocycles. The van der Waals surface area contributed by atoms with Gasteiger partial charge in [0.05, 0.1) is 12.7 Å². The standard InChI is InChI=1S/C16H18N6O/c1-11-3-5-15(6-4-11)23-10-14-9-22(21-20-14)8-13-7-18-12(2)19-16(13)17/h3-7,9H,8,10H2,1-2H3,(H2,17,18,19). The molecule has 2 N–H and O–H groups in total. The summed E-state index contributed by atoms with van der Waals surface area (Å²) in [6.45, 7) is 4.68. The highest BCUT2D eigenvalue weighted by molar-refractivity contribution is 5.37. The lowest BCUT2D eigenvalue weighted by Gasteiger charge is -2.04. The fourth-order valence-electron chi connectivity index (χ4n) is 2.08. The lowest BCUT2D eigenvalue weighted by Crippen LogP contribution is -2.07. The minimum atomic E-state index is 0.364. The first kappa shape index (κ1) is 15.0. The SMILES string of the molecule is Cc1ccc(OCc2cn(Cc3cnc(C)nc3N)nn2)cc1. The van der Waals surface area contributed by atoms with Crippen LogP contribution in [0.4, 0.5) is 5.82 Å². The van der Waals surface area contributed by atoms with Crippen molar-refractivity contribution >= 4 is 5.82 Å². The molecule has 3 rings (SSSR count). The normalized spacial score (nSPS) is 10.7. The highest BCUT2D eigenvalue weighted by Crippen LogP contribution is 2.13. The largest absolute Gasteiger partial charge is 0.487 e. The van der Waals surface area contributed by atoms with Gasteiger partial charge in [0.15, 0.2) is 0 Å². The number of anilines is 1. The van der Waals surface area contributed by atoms with Crippen LogP contribution in [0.5, 0.6) is 5.75 Å². The second kappa shape index (κ2) is 6.43. The maximum absolute atomic E-state index is 5.89. The summed E-state index contributed by atoms with van der Waals surface area (Å²) in [6, 6.07) is 7.88. The van der Waals surface area contributed by atoms with E-state index in [9.17, 15) is 0 Å². The Kier molecular flexibility index (Phi) is 4.18. The van der Waals surface area contributed by atoms with Gasteiger partial charge in [0.1, 0.15) is 29.7 Å². The van der Waals surface area contributed by atoms with E-state index in [-0.39, 0.29) is 0 Å². The Morgan fingerprint density at radius 2 is 1.96 bits per heavy atom. The third-order valence-electron chi connectivity index (χ3n) is 3.34. The van der Waals surface area contributed by atoms with E-state index >= 15 is 0 Å². The van der Waals surface area contributed by atoms with Gasteiger partial charge in [0, 0.05) is 11.8 Å². The Hall–Kier alpha value is -2.96. The van der Waals surface area contributed by atoms with Crippen molar-refractivity contribution in [3.05, 3.63) is 59.3 Å². The Labute approximate surface area is 134 Å². The number of benzene rings is 1. The van der Waals surface area contributed by atoms with Gasteiger partial charge in [-0.1, -0.05) is 22.9 Å². The summed E-state index contributed by atoms with van der Waals surface area (Å²) in [6.07, 6.45) is 3.54. The summed E-state index contributed by atoms with van der Waals surface area (Å²) < 4.78 is 7.38. The number of hydrogen-bond donors (Lipinski definition) is 1. The van der Waals surface area contributed by atoms with Crippen molar-refractivity contribution in [1.82, 2.24) is 25.0 Å². The van der Waals surface area contributed by atoms with Gasteiger partial charge in [-0.2, -0.15) is 0 Å². The van der Waals surface area contributed by atoms with Gasteiger partial charge in [-0.3, -0.25) is 0 Å². The summed E-state index contributed by atoms with van der Waals surface area (Å²) in [4.78, 5) is 8.29. The van der Waals surface area contributed by atoms with Crippen LogP contribution in [-0.4, -0.2) is 25.0 Å². The Balaban J connectivity index is 1.62. The van der Waals surface area contributed by atoms with Crippen LogP contribution in [0.25, 0.3) is 0 Å². The smallest absolute Gasteiger partial charge is 0.134 e. The van der Waals surface area contributed by atoms with Gasteiger partial charge in [0.2, 0.25) is 0 Å². The van der Waals surface area contributed by atoms with Crippen LogP contribution in [-0.2, 0) is 13.2 Å². The van der Waals surface area contributed by atoms with Gasteiger partial charge in [-0.15, -0.1) is 5.10 Å². The third-order valence-corrected chi connectivity index (χ3v) is 3.34. The van der Waals surface area contributed by atoms with E-state index in [2.05, 4.69) is 20.3 Å².